The summed E-state index contributed by atoms with van der Waals surface area (Å²) in [7, 11) is 2.17. The Kier molecular flexibility index (Phi) is 4.45. The summed E-state index contributed by atoms with van der Waals surface area (Å²) >= 11 is 0. The number of nitrogens with zero attached hydrogens (tertiary/aromatic N) is 1. The van der Waals surface area contributed by atoms with Crippen molar-refractivity contribution in [3.05, 3.63) is 59.7 Å². The highest BCUT2D eigenvalue weighted by Crippen LogP contribution is 2.36. The molecule has 1 aliphatic carbocycles. The molecule has 1 saturated heterocycles. The topological polar surface area (TPSA) is 44.4 Å². The molecule has 2 aromatic rings. The fraction of sp³-hybridized carbons (Fsp3) is 0.381. The average molecular weight is 335 g/mol. The Morgan fingerprint density at radius 3 is 2.44 bits per heavy atom. The Morgan fingerprint density at radius 1 is 1.00 bits per heavy atom. The Labute approximate surface area is 149 Å². The molecule has 0 saturated carbocycles. The van der Waals surface area contributed by atoms with E-state index < -0.39 is 0 Å². The molecule has 4 nitrogen and oxygen atoms in total. The molecule has 130 valence electrons. The van der Waals surface area contributed by atoms with Gasteiger partial charge in [-0.15, -0.1) is 0 Å². The predicted molar refractivity (Wildman–Crippen MR) is 102 cm³/mol. The smallest absolute Gasteiger partial charge is 0.232 e. The standard InChI is InChI=1S/C21H25N3O/c1-24-12-10-16(11-13-24)22-19-8-4-5-9-20(19)23-21(25)18-14-15-6-2-3-7-17(15)18/h2-9,16,18,22H,10-14H2,1H3,(H,23,25)/t18-/m1/s1. The minimum absolute atomic E-state index is 0.0208. The van der Waals surface area contributed by atoms with E-state index in [4.69, 9.17) is 0 Å². The first-order valence-electron chi connectivity index (χ1n) is 9.13. The number of para-hydroxylation sites is 2. The third-order valence-electron chi connectivity index (χ3n) is 5.43. The van der Waals surface area contributed by atoms with Crippen molar-refractivity contribution in [2.45, 2.75) is 31.2 Å². The van der Waals surface area contributed by atoms with Crippen LogP contribution in [0.2, 0.25) is 0 Å². The summed E-state index contributed by atoms with van der Waals surface area (Å²) in [5.74, 6) is 0.0731. The number of anilines is 2. The molecule has 1 aliphatic heterocycles. The summed E-state index contributed by atoms with van der Waals surface area (Å²) in [6.07, 6.45) is 3.11. The number of carbonyl (C=O) groups is 1. The van der Waals surface area contributed by atoms with Gasteiger partial charge in [-0.1, -0.05) is 36.4 Å². The van der Waals surface area contributed by atoms with Crippen LogP contribution in [0.4, 0.5) is 11.4 Å². The highest BCUT2D eigenvalue weighted by Gasteiger charge is 2.32. The fourth-order valence-electron chi connectivity index (χ4n) is 3.80. The lowest BCUT2D eigenvalue weighted by Crippen LogP contribution is -2.37. The molecular formula is C21H25N3O. The normalized spacial score (nSPS) is 20.4. The first kappa shape index (κ1) is 16.2. The third kappa shape index (κ3) is 3.40. The number of likely N-dealkylation sites (tertiary alicyclic amines) is 1. The molecule has 0 bridgehead atoms. The van der Waals surface area contributed by atoms with Crippen molar-refractivity contribution in [1.29, 1.82) is 0 Å². The number of nitrogens with one attached hydrogen (secondary N) is 2. The first-order valence-corrected chi connectivity index (χ1v) is 9.13. The van der Waals surface area contributed by atoms with E-state index in [0.29, 0.717) is 6.04 Å². The molecule has 2 aliphatic rings. The number of hydrogen-bond donors (Lipinski definition) is 2. The molecule has 1 atom stereocenters. The number of amides is 1. The van der Waals surface area contributed by atoms with E-state index in [1.54, 1.807) is 0 Å². The molecule has 0 aromatic heterocycles. The molecule has 0 spiro atoms. The van der Waals surface area contributed by atoms with Crippen LogP contribution in [0.3, 0.4) is 0 Å². The van der Waals surface area contributed by atoms with Crippen molar-refractivity contribution >= 4 is 17.3 Å². The summed E-state index contributed by atoms with van der Waals surface area (Å²) in [4.78, 5) is 15.1. The van der Waals surface area contributed by atoms with Gasteiger partial charge >= 0.3 is 0 Å². The third-order valence-corrected chi connectivity index (χ3v) is 5.43. The minimum atomic E-state index is -0.0208. The molecule has 4 rings (SSSR count). The summed E-state index contributed by atoms with van der Waals surface area (Å²) in [6, 6.07) is 16.7. The number of rotatable bonds is 4. The monoisotopic (exact) mass is 335 g/mol. The van der Waals surface area contributed by atoms with Gasteiger partial charge in [0.05, 0.1) is 17.3 Å². The predicted octanol–water partition coefficient (Wildman–Crippen LogP) is 3.47. The van der Waals surface area contributed by atoms with Gasteiger partial charge in [0, 0.05) is 6.04 Å². The largest absolute Gasteiger partial charge is 0.381 e. The maximum Gasteiger partial charge on any atom is 0.232 e. The molecule has 1 fully saturated rings. The number of carbonyl (C=O) groups excluding carboxylic acids is 1. The van der Waals surface area contributed by atoms with Gasteiger partial charge in [0.1, 0.15) is 0 Å². The lowest BCUT2D eigenvalue weighted by Gasteiger charge is -2.31. The van der Waals surface area contributed by atoms with E-state index >= 15 is 0 Å². The Bertz CT molecular complexity index is 765. The van der Waals surface area contributed by atoms with Gasteiger partial charge in [-0.05, 0) is 62.7 Å². The highest BCUT2D eigenvalue weighted by molar-refractivity contribution is 6.00. The highest BCUT2D eigenvalue weighted by atomic mass is 16.1. The summed E-state index contributed by atoms with van der Waals surface area (Å²) in [5.41, 5.74) is 4.37. The fourth-order valence-corrected chi connectivity index (χ4v) is 3.80. The van der Waals surface area contributed by atoms with Gasteiger partial charge in [-0.3, -0.25) is 4.79 Å². The van der Waals surface area contributed by atoms with Crippen LogP contribution in [0, 0.1) is 0 Å². The van der Waals surface area contributed by atoms with Gasteiger partial charge in [0.25, 0.3) is 0 Å². The number of fused-ring (bicyclic) bond motifs is 1. The number of piperidine rings is 1. The molecule has 2 aromatic carbocycles. The molecular weight excluding hydrogens is 310 g/mol. The van der Waals surface area contributed by atoms with Gasteiger partial charge in [0.15, 0.2) is 0 Å². The van der Waals surface area contributed by atoms with Gasteiger partial charge < -0.3 is 15.5 Å². The molecule has 1 amide bonds. The van der Waals surface area contributed by atoms with E-state index in [9.17, 15) is 4.79 Å². The van der Waals surface area contributed by atoms with Crippen molar-refractivity contribution < 1.29 is 4.79 Å². The van der Waals surface area contributed by atoms with Crippen molar-refractivity contribution in [3.8, 4) is 0 Å². The Hall–Kier alpha value is -2.33. The number of hydrogen-bond acceptors (Lipinski definition) is 3. The number of benzene rings is 2. The SMILES string of the molecule is CN1CCC(Nc2ccccc2NC(=O)[C@@H]2Cc3ccccc32)CC1. The van der Waals surface area contributed by atoms with Crippen LogP contribution in [0.1, 0.15) is 29.9 Å². The van der Waals surface area contributed by atoms with Crippen LogP contribution in [0.25, 0.3) is 0 Å². The maximum absolute atomic E-state index is 12.7. The van der Waals surface area contributed by atoms with E-state index in [2.05, 4.69) is 40.8 Å². The molecule has 0 radical (unpaired) electrons. The van der Waals surface area contributed by atoms with Crippen molar-refractivity contribution in [3.63, 3.8) is 0 Å². The quantitative estimate of drug-likeness (QED) is 0.899. The zero-order valence-corrected chi connectivity index (χ0v) is 14.7. The zero-order valence-electron chi connectivity index (χ0n) is 14.7. The van der Waals surface area contributed by atoms with Gasteiger partial charge in [-0.25, -0.2) is 0 Å². The maximum atomic E-state index is 12.7. The van der Waals surface area contributed by atoms with Crippen molar-refractivity contribution in [2.75, 3.05) is 30.8 Å². The van der Waals surface area contributed by atoms with Crippen molar-refractivity contribution in [2.24, 2.45) is 0 Å². The van der Waals surface area contributed by atoms with Crippen LogP contribution in [-0.4, -0.2) is 37.0 Å². The average Bonchev–Trinajstić information content (AvgIpc) is 2.60. The first-order chi connectivity index (χ1) is 12.2. The molecule has 4 heteroatoms. The molecule has 1 heterocycles. The lowest BCUT2D eigenvalue weighted by molar-refractivity contribution is -0.118. The molecule has 25 heavy (non-hydrogen) atoms. The second kappa shape index (κ2) is 6.89. The summed E-state index contributed by atoms with van der Waals surface area (Å²) in [5, 5.41) is 6.77. The van der Waals surface area contributed by atoms with E-state index in [1.165, 1.54) is 11.1 Å². The lowest BCUT2D eigenvalue weighted by atomic mass is 9.77. The second-order valence-corrected chi connectivity index (χ2v) is 7.21. The second-order valence-electron chi connectivity index (χ2n) is 7.21. The van der Waals surface area contributed by atoms with Gasteiger partial charge in [-0.2, -0.15) is 0 Å². The van der Waals surface area contributed by atoms with Gasteiger partial charge in [0.2, 0.25) is 5.91 Å². The van der Waals surface area contributed by atoms with E-state index in [-0.39, 0.29) is 11.8 Å². The van der Waals surface area contributed by atoms with Crippen LogP contribution in [-0.2, 0) is 11.2 Å². The van der Waals surface area contributed by atoms with Crippen LogP contribution in [0.15, 0.2) is 48.5 Å². The van der Waals surface area contributed by atoms with Crippen LogP contribution >= 0.6 is 0 Å². The zero-order chi connectivity index (χ0) is 17.2. The summed E-state index contributed by atoms with van der Waals surface area (Å²) in [6.45, 7) is 2.23. The van der Waals surface area contributed by atoms with Crippen molar-refractivity contribution in [1.82, 2.24) is 4.90 Å². The minimum Gasteiger partial charge on any atom is -0.381 e. The van der Waals surface area contributed by atoms with E-state index in [1.807, 2.05) is 30.3 Å². The Balaban J connectivity index is 1.44. The summed E-state index contributed by atoms with van der Waals surface area (Å²) < 4.78 is 0. The molecule has 2 N–H and O–H groups in total. The van der Waals surface area contributed by atoms with E-state index in [0.717, 1.165) is 43.7 Å². The van der Waals surface area contributed by atoms with Crippen LogP contribution < -0.4 is 10.6 Å². The Morgan fingerprint density at radius 2 is 1.68 bits per heavy atom. The van der Waals surface area contributed by atoms with Crippen LogP contribution in [0.5, 0.6) is 0 Å². The molecule has 0 unspecified atom stereocenters.